The highest BCUT2D eigenvalue weighted by Crippen LogP contribution is 2.34. The molecule has 0 aromatic heterocycles. The molecule has 0 N–H and O–H groups in total. The standard InChI is InChI=1S/C32H38O10/c1-20-26(38-18-21-10-12-23(36-5)13-11-21)15-14-25(33)30-27(41-32(2,3)42-30)9-7-8-22-16-24(37-6)17-28(39-19-35-4)29(22)31(34)40-20/h7-8,10-17,20,26-27,30H,9,18-19H2,1-6H3/b8-7?,15-14-/t20-,26+,27-,30+/m0/s1. The summed E-state index contributed by atoms with van der Waals surface area (Å²) in [4.78, 5) is 27.0. The number of rotatable bonds is 8. The summed E-state index contributed by atoms with van der Waals surface area (Å²) in [6.07, 6.45) is 4.00. The largest absolute Gasteiger partial charge is 0.497 e. The molecule has 2 aliphatic heterocycles. The fourth-order valence-corrected chi connectivity index (χ4v) is 4.73. The van der Waals surface area contributed by atoms with Gasteiger partial charge in [0, 0.05) is 13.2 Å². The normalized spacial score (nSPS) is 24.6. The lowest BCUT2D eigenvalue weighted by Gasteiger charge is -2.24. The lowest BCUT2D eigenvalue weighted by molar-refractivity contribution is -0.152. The number of hydrogen-bond acceptors (Lipinski definition) is 10. The van der Waals surface area contributed by atoms with Gasteiger partial charge in [0.25, 0.3) is 0 Å². The van der Waals surface area contributed by atoms with Gasteiger partial charge in [0.05, 0.1) is 26.9 Å². The second-order valence-electron chi connectivity index (χ2n) is 10.4. The van der Waals surface area contributed by atoms with Gasteiger partial charge in [-0.05, 0) is 68.7 Å². The van der Waals surface area contributed by atoms with Crippen LogP contribution in [-0.2, 0) is 35.1 Å². The van der Waals surface area contributed by atoms with Gasteiger partial charge in [-0.3, -0.25) is 4.79 Å². The number of hydrogen-bond donors (Lipinski definition) is 0. The number of carbonyl (C=O) groups excluding carboxylic acids is 2. The number of carbonyl (C=O) groups is 2. The zero-order chi connectivity index (χ0) is 30.3. The Hall–Kier alpha value is -3.70. The third-order valence-electron chi connectivity index (χ3n) is 6.82. The molecule has 1 saturated heterocycles. The minimum atomic E-state index is -0.945. The summed E-state index contributed by atoms with van der Waals surface area (Å²) in [6.45, 7) is 5.35. The maximum absolute atomic E-state index is 13.7. The zero-order valence-corrected chi connectivity index (χ0v) is 24.8. The van der Waals surface area contributed by atoms with Gasteiger partial charge in [-0.15, -0.1) is 0 Å². The Morgan fingerprint density at radius 3 is 2.38 bits per heavy atom. The number of methoxy groups -OCH3 is 3. The van der Waals surface area contributed by atoms with Gasteiger partial charge in [-0.1, -0.05) is 24.3 Å². The van der Waals surface area contributed by atoms with Gasteiger partial charge in [-0.25, -0.2) is 4.79 Å². The first-order chi connectivity index (χ1) is 20.1. The molecule has 2 aromatic rings. The van der Waals surface area contributed by atoms with Crippen molar-refractivity contribution in [1.82, 2.24) is 0 Å². The van der Waals surface area contributed by atoms with E-state index in [-0.39, 0.29) is 30.5 Å². The molecule has 0 radical (unpaired) electrons. The van der Waals surface area contributed by atoms with E-state index in [1.54, 1.807) is 52.2 Å². The van der Waals surface area contributed by atoms with Crippen molar-refractivity contribution in [3.05, 3.63) is 71.3 Å². The summed E-state index contributed by atoms with van der Waals surface area (Å²) >= 11 is 0. The molecular weight excluding hydrogens is 544 g/mol. The first-order valence-electron chi connectivity index (χ1n) is 13.7. The highest BCUT2D eigenvalue weighted by atomic mass is 16.8. The highest BCUT2D eigenvalue weighted by Gasteiger charge is 2.43. The van der Waals surface area contributed by atoms with Crippen molar-refractivity contribution >= 4 is 17.8 Å². The Labute approximate surface area is 246 Å². The van der Waals surface area contributed by atoms with Crippen molar-refractivity contribution in [2.45, 2.75) is 64.0 Å². The number of ether oxygens (including phenoxy) is 8. The summed E-state index contributed by atoms with van der Waals surface area (Å²) in [5, 5.41) is 0. The van der Waals surface area contributed by atoms with Crippen LogP contribution < -0.4 is 14.2 Å². The topological polar surface area (TPSA) is 108 Å². The third-order valence-corrected chi connectivity index (χ3v) is 6.82. The molecule has 10 nitrogen and oxygen atoms in total. The van der Waals surface area contributed by atoms with Crippen LogP contribution in [0.4, 0.5) is 0 Å². The predicted octanol–water partition coefficient (Wildman–Crippen LogP) is 4.88. The van der Waals surface area contributed by atoms with E-state index in [1.807, 2.05) is 30.3 Å². The van der Waals surface area contributed by atoms with E-state index in [1.165, 1.54) is 20.3 Å². The van der Waals surface area contributed by atoms with E-state index in [9.17, 15) is 9.59 Å². The fraction of sp³-hybridized carbons (Fsp3) is 0.438. The highest BCUT2D eigenvalue weighted by molar-refractivity contribution is 5.97. The molecule has 10 heteroatoms. The molecule has 2 aromatic carbocycles. The molecule has 2 heterocycles. The van der Waals surface area contributed by atoms with Gasteiger partial charge in [-0.2, -0.15) is 0 Å². The molecule has 0 amide bonds. The minimum Gasteiger partial charge on any atom is -0.497 e. The van der Waals surface area contributed by atoms with Crippen molar-refractivity contribution in [3.8, 4) is 17.2 Å². The van der Waals surface area contributed by atoms with Crippen molar-refractivity contribution in [2.24, 2.45) is 0 Å². The fourth-order valence-electron chi connectivity index (χ4n) is 4.73. The number of fused-ring (bicyclic) bond motifs is 2. The first-order valence-corrected chi connectivity index (χ1v) is 13.7. The van der Waals surface area contributed by atoms with Gasteiger partial charge in [0.1, 0.15) is 41.1 Å². The molecule has 0 unspecified atom stereocenters. The van der Waals surface area contributed by atoms with E-state index in [2.05, 4.69) is 0 Å². The summed E-state index contributed by atoms with van der Waals surface area (Å²) in [7, 11) is 4.60. The molecule has 4 rings (SSSR count). The first kappa shape index (κ1) is 31.2. The lowest BCUT2D eigenvalue weighted by atomic mass is 10.0. The van der Waals surface area contributed by atoms with Crippen LogP contribution in [0, 0.1) is 0 Å². The Morgan fingerprint density at radius 1 is 0.952 bits per heavy atom. The molecule has 226 valence electrons. The van der Waals surface area contributed by atoms with Crippen LogP contribution in [0.3, 0.4) is 0 Å². The number of cyclic esters (lactones) is 1. The molecule has 42 heavy (non-hydrogen) atoms. The van der Waals surface area contributed by atoms with Gasteiger partial charge < -0.3 is 37.9 Å². The molecule has 0 aliphatic carbocycles. The molecule has 0 saturated carbocycles. The average Bonchev–Trinajstić information content (AvgIpc) is 3.29. The van der Waals surface area contributed by atoms with Gasteiger partial charge in [0.15, 0.2) is 18.4 Å². The number of ketones is 1. The van der Waals surface area contributed by atoms with Crippen molar-refractivity contribution in [2.75, 3.05) is 28.1 Å². The summed E-state index contributed by atoms with van der Waals surface area (Å²) in [5.74, 6) is -0.419. The maximum Gasteiger partial charge on any atom is 0.342 e. The van der Waals surface area contributed by atoms with Crippen LogP contribution in [0.1, 0.15) is 48.7 Å². The summed E-state index contributed by atoms with van der Waals surface area (Å²) in [6, 6.07) is 10.7. The van der Waals surface area contributed by atoms with E-state index in [0.29, 0.717) is 17.7 Å². The second-order valence-corrected chi connectivity index (χ2v) is 10.4. The van der Waals surface area contributed by atoms with Crippen LogP contribution in [0.25, 0.3) is 6.08 Å². The molecule has 2 aliphatic rings. The molecule has 1 fully saturated rings. The van der Waals surface area contributed by atoms with Crippen LogP contribution in [0.5, 0.6) is 17.2 Å². The predicted molar refractivity (Wildman–Crippen MR) is 154 cm³/mol. The summed E-state index contributed by atoms with van der Waals surface area (Å²) in [5.41, 5.74) is 1.57. The van der Waals surface area contributed by atoms with Crippen molar-refractivity contribution in [3.63, 3.8) is 0 Å². The Balaban J connectivity index is 1.72. The Kier molecular flexibility index (Phi) is 10.4. The maximum atomic E-state index is 13.7. The van der Waals surface area contributed by atoms with Crippen LogP contribution >= 0.6 is 0 Å². The van der Waals surface area contributed by atoms with E-state index < -0.39 is 36.2 Å². The van der Waals surface area contributed by atoms with Gasteiger partial charge >= 0.3 is 5.97 Å². The molecular formula is C32H38O10. The monoisotopic (exact) mass is 582 g/mol. The lowest BCUT2D eigenvalue weighted by Crippen LogP contribution is -2.33. The van der Waals surface area contributed by atoms with Crippen LogP contribution in [0.15, 0.2) is 54.6 Å². The molecule has 0 bridgehead atoms. The average molecular weight is 583 g/mol. The zero-order valence-electron chi connectivity index (χ0n) is 24.8. The number of benzene rings is 2. The van der Waals surface area contributed by atoms with Crippen LogP contribution in [-0.4, -0.2) is 70.1 Å². The minimum absolute atomic E-state index is 0.0887. The summed E-state index contributed by atoms with van der Waals surface area (Å²) < 4.78 is 45.6. The molecule has 0 spiro atoms. The number of esters is 1. The van der Waals surface area contributed by atoms with E-state index in [0.717, 1.165) is 11.3 Å². The van der Waals surface area contributed by atoms with Gasteiger partial charge in [0.2, 0.25) is 0 Å². The second kappa shape index (κ2) is 14.0. The third kappa shape index (κ3) is 7.77. The molecule has 4 atom stereocenters. The smallest absolute Gasteiger partial charge is 0.342 e. The van der Waals surface area contributed by atoms with Crippen LogP contribution in [0.2, 0.25) is 0 Å². The van der Waals surface area contributed by atoms with Crippen molar-refractivity contribution in [1.29, 1.82) is 0 Å². The Morgan fingerprint density at radius 2 is 1.69 bits per heavy atom. The van der Waals surface area contributed by atoms with E-state index in [4.69, 9.17) is 37.9 Å². The Bertz CT molecular complexity index is 1300. The quantitative estimate of drug-likeness (QED) is 0.316. The van der Waals surface area contributed by atoms with E-state index >= 15 is 0 Å². The van der Waals surface area contributed by atoms with Crippen molar-refractivity contribution < 1.29 is 47.5 Å². The SMILES string of the molecule is COCOc1cc(OC)cc2c1C(=O)O[C@@H](C)[C@H](OCc1ccc(OC)cc1)/C=C\C(=O)[C@H]1OC(C)(C)O[C@H]1CC=C2.